The molecule has 4 heteroatoms. The van der Waals surface area contributed by atoms with Gasteiger partial charge in [-0.3, -0.25) is 4.79 Å². The predicted octanol–water partition coefficient (Wildman–Crippen LogP) is 3.10. The van der Waals surface area contributed by atoms with Crippen LogP contribution in [0.5, 0.6) is 0 Å². The zero-order chi connectivity index (χ0) is 15.6. The molecule has 0 saturated heterocycles. The molecule has 2 aliphatic carbocycles. The van der Waals surface area contributed by atoms with Gasteiger partial charge in [-0.15, -0.1) is 0 Å². The van der Waals surface area contributed by atoms with Gasteiger partial charge in [0.05, 0.1) is 0 Å². The minimum atomic E-state index is -0.233. The highest BCUT2D eigenvalue weighted by Crippen LogP contribution is 2.47. The second-order valence-corrected chi connectivity index (χ2v) is 6.99. The number of amides is 1. The van der Waals surface area contributed by atoms with Crippen LogP contribution in [0.15, 0.2) is 24.3 Å². The number of hydrogen-bond donors (Lipinski definition) is 2. The first-order valence-electron chi connectivity index (χ1n) is 8.39. The minimum Gasteiger partial charge on any atom is -0.354 e. The van der Waals surface area contributed by atoms with Crippen LogP contribution in [0.3, 0.4) is 0 Å². The Balaban J connectivity index is 1.50. The lowest BCUT2D eigenvalue weighted by atomic mass is 9.91. The second kappa shape index (κ2) is 6.37. The van der Waals surface area contributed by atoms with Gasteiger partial charge >= 0.3 is 0 Å². The third-order valence-electron chi connectivity index (χ3n) is 5.14. The summed E-state index contributed by atoms with van der Waals surface area (Å²) in [6, 6.07) is 6.48. The van der Waals surface area contributed by atoms with Crippen molar-refractivity contribution in [2.75, 3.05) is 6.54 Å². The average Bonchev–Trinajstić information content (AvgIpc) is 3.31. The summed E-state index contributed by atoms with van der Waals surface area (Å²) in [4.78, 5) is 12.3. The Bertz CT molecular complexity index is 520. The fourth-order valence-corrected chi connectivity index (χ4v) is 3.57. The standard InChI is InChI=1S/C18H25FN2O/c19-14-7-5-13(6-8-14)15-11-16(15)17(22)21-12-18(20)9-3-1-2-4-10-18/h5-8,15-16H,1-4,9-12,20H2,(H,21,22)/t15-,16+/m1/s1. The van der Waals surface area contributed by atoms with Crippen molar-refractivity contribution in [3.05, 3.63) is 35.6 Å². The Hall–Kier alpha value is -1.42. The molecule has 1 aromatic rings. The molecule has 0 unspecified atom stereocenters. The third kappa shape index (κ3) is 3.67. The quantitative estimate of drug-likeness (QED) is 0.840. The Morgan fingerprint density at radius 1 is 1.18 bits per heavy atom. The number of hydrogen-bond acceptors (Lipinski definition) is 2. The molecule has 0 aliphatic heterocycles. The number of nitrogens with one attached hydrogen (secondary N) is 1. The molecule has 3 N–H and O–H groups in total. The van der Waals surface area contributed by atoms with Crippen LogP contribution >= 0.6 is 0 Å². The molecule has 0 spiro atoms. The number of nitrogens with two attached hydrogens (primary N) is 1. The highest BCUT2D eigenvalue weighted by molar-refractivity contribution is 5.83. The van der Waals surface area contributed by atoms with E-state index in [2.05, 4.69) is 5.32 Å². The van der Waals surface area contributed by atoms with Crippen molar-refractivity contribution < 1.29 is 9.18 Å². The van der Waals surface area contributed by atoms with E-state index in [-0.39, 0.29) is 29.1 Å². The molecular weight excluding hydrogens is 279 g/mol. The van der Waals surface area contributed by atoms with Crippen molar-refractivity contribution in [2.45, 2.75) is 56.4 Å². The van der Waals surface area contributed by atoms with Gasteiger partial charge in [0.1, 0.15) is 5.82 Å². The van der Waals surface area contributed by atoms with Crippen LogP contribution in [0, 0.1) is 11.7 Å². The number of rotatable bonds is 4. The summed E-state index contributed by atoms with van der Waals surface area (Å²) >= 11 is 0. The van der Waals surface area contributed by atoms with Gasteiger partial charge in [0.15, 0.2) is 0 Å². The van der Waals surface area contributed by atoms with Crippen molar-refractivity contribution in [2.24, 2.45) is 11.7 Å². The van der Waals surface area contributed by atoms with E-state index in [1.54, 1.807) is 12.1 Å². The summed E-state index contributed by atoms with van der Waals surface area (Å²) in [5.74, 6) is 0.135. The van der Waals surface area contributed by atoms with Gasteiger partial charge in [-0.1, -0.05) is 37.8 Å². The van der Waals surface area contributed by atoms with Crippen LogP contribution in [0.2, 0.25) is 0 Å². The minimum absolute atomic E-state index is 0.0276. The number of benzene rings is 1. The molecule has 2 fully saturated rings. The molecule has 3 nitrogen and oxygen atoms in total. The van der Waals surface area contributed by atoms with Crippen molar-refractivity contribution in [3.8, 4) is 0 Å². The number of carbonyl (C=O) groups excluding carboxylic acids is 1. The monoisotopic (exact) mass is 304 g/mol. The van der Waals surface area contributed by atoms with Crippen LogP contribution < -0.4 is 11.1 Å². The van der Waals surface area contributed by atoms with E-state index in [0.29, 0.717) is 6.54 Å². The molecule has 1 aromatic carbocycles. The first-order chi connectivity index (χ1) is 10.6. The van der Waals surface area contributed by atoms with Gasteiger partial charge in [-0.2, -0.15) is 0 Å². The molecule has 0 aromatic heterocycles. The molecule has 120 valence electrons. The molecule has 0 radical (unpaired) electrons. The topological polar surface area (TPSA) is 55.1 Å². The van der Waals surface area contributed by atoms with Crippen LogP contribution in [-0.4, -0.2) is 18.0 Å². The Morgan fingerprint density at radius 2 is 1.82 bits per heavy atom. The van der Waals surface area contributed by atoms with Gasteiger partial charge in [-0.05, 0) is 42.9 Å². The molecule has 2 saturated carbocycles. The molecule has 3 rings (SSSR count). The SMILES string of the molecule is NC1(CNC(=O)[C@H]2C[C@@H]2c2ccc(F)cc2)CCCCCC1. The normalized spacial score (nSPS) is 27.0. The maximum absolute atomic E-state index is 12.9. The zero-order valence-electron chi connectivity index (χ0n) is 13.0. The lowest BCUT2D eigenvalue weighted by Gasteiger charge is -2.28. The summed E-state index contributed by atoms with van der Waals surface area (Å²) in [7, 11) is 0. The van der Waals surface area contributed by atoms with Gasteiger partial charge in [-0.25, -0.2) is 4.39 Å². The maximum Gasteiger partial charge on any atom is 0.223 e. The van der Waals surface area contributed by atoms with E-state index >= 15 is 0 Å². The molecular formula is C18H25FN2O. The Kier molecular flexibility index (Phi) is 4.48. The zero-order valence-corrected chi connectivity index (χ0v) is 13.0. The smallest absolute Gasteiger partial charge is 0.223 e. The van der Waals surface area contributed by atoms with Crippen LogP contribution in [0.25, 0.3) is 0 Å². The maximum atomic E-state index is 12.9. The fourth-order valence-electron chi connectivity index (χ4n) is 3.57. The third-order valence-corrected chi connectivity index (χ3v) is 5.14. The van der Waals surface area contributed by atoms with E-state index in [0.717, 1.165) is 37.7 Å². The van der Waals surface area contributed by atoms with Gasteiger partial charge < -0.3 is 11.1 Å². The molecule has 0 heterocycles. The van der Waals surface area contributed by atoms with E-state index in [1.165, 1.54) is 25.0 Å². The highest BCUT2D eigenvalue weighted by atomic mass is 19.1. The van der Waals surface area contributed by atoms with E-state index in [9.17, 15) is 9.18 Å². The molecule has 0 bridgehead atoms. The summed E-state index contributed by atoms with van der Waals surface area (Å²) in [6.45, 7) is 0.582. The summed E-state index contributed by atoms with van der Waals surface area (Å²) in [5, 5.41) is 3.06. The van der Waals surface area contributed by atoms with E-state index in [4.69, 9.17) is 5.73 Å². The number of halogens is 1. The van der Waals surface area contributed by atoms with Crippen molar-refractivity contribution in [3.63, 3.8) is 0 Å². The van der Waals surface area contributed by atoms with Crippen molar-refractivity contribution in [1.82, 2.24) is 5.32 Å². The lowest BCUT2D eigenvalue weighted by molar-refractivity contribution is -0.122. The molecule has 2 atom stereocenters. The van der Waals surface area contributed by atoms with Crippen LogP contribution in [0.4, 0.5) is 4.39 Å². The lowest BCUT2D eigenvalue weighted by Crippen LogP contribution is -2.50. The predicted molar refractivity (Wildman–Crippen MR) is 84.9 cm³/mol. The highest BCUT2D eigenvalue weighted by Gasteiger charge is 2.44. The Morgan fingerprint density at radius 3 is 2.45 bits per heavy atom. The van der Waals surface area contributed by atoms with Gasteiger partial charge in [0, 0.05) is 18.0 Å². The van der Waals surface area contributed by atoms with Crippen molar-refractivity contribution >= 4 is 5.91 Å². The first kappa shape index (κ1) is 15.5. The first-order valence-corrected chi connectivity index (χ1v) is 8.39. The Labute approximate surface area is 131 Å². The second-order valence-electron chi connectivity index (χ2n) is 6.99. The number of carbonyl (C=O) groups is 1. The summed E-state index contributed by atoms with van der Waals surface area (Å²) in [6.07, 6.45) is 7.68. The average molecular weight is 304 g/mol. The summed E-state index contributed by atoms with van der Waals surface area (Å²) < 4.78 is 12.9. The van der Waals surface area contributed by atoms with Gasteiger partial charge in [0.25, 0.3) is 0 Å². The van der Waals surface area contributed by atoms with E-state index in [1.807, 2.05) is 0 Å². The largest absolute Gasteiger partial charge is 0.354 e. The van der Waals surface area contributed by atoms with Gasteiger partial charge in [0.2, 0.25) is 5.91 Å². The van der Waals surface area contributed by atoms with E-state index < -0.39 is 0 Å². The molecule has 22 heavy (non-hydrogen) atoms. The van der Waals surface area contributed by atoms with Crippen LogP contribution in [-0.2, 0) is 4.79 Å². The summed E-state index contributed by atoms with van der Waals surface area (Å²) in [5.41, 5.74) is 7.26. The molecule has 2 aliphatic rings. The fraction of sp³-hybridized carbons (Fsp3) is 0.611. The molecule has 1 amide bonds. The van der Waals surface area contributed by atoms with Crippen LogP contribution in [0.1, 0.15) is 56.4 Å². The van der Waals surface area contributed by atoms with Crippen molar-refractivity contribution in [1.29, 1.82) is 0 Å².